The molecule has 0 aromatic carbocycles. The Morgan fingerprint density at radius 3 is 2.45 bits per heavy atom. The predicted octanol–water partition coefficient (Wildman–Crippen LogP) is 2.92. The van der Waals surface area contributed by atoms with E-state index in [1.54, 1.807) is 11.3 Å². The van der Waals surface area contributed by atoms with Crippen LogP contribution in [-0.2, 0) is 5.41 Å². The summed E-state index contributed by atoms with van der Waals surface area (Å²) in [6.07, 6.45) is 0. The highest BCUT2D eigenvalue weighted by molar-refractivity contribution is 7.10. The second-order valence-corrected chi connectivity index (χ2v) is 4.44. The summed E-state index contributed by atoms with van der Waals surface area (Å²) in [7, 11) is 0. The Balaban J connectivity index is 3.15. The Hall–Kier alpha value is -0.810. The average Bonchev–Trinajstić information content (AvgIpc) is 2.31. The van der Waals surface area contributed by atoms with Crippen LogP contribution in [0.5, 0.6) is 0 Å². The Bertz CT molecular complexity index is 285. The molecule has 11 heavy (non-hydrogen) atoms. The summed E-state index contributed by atoms with van der Waals surface area (Å²) in [4.78, 5) is 1.18. The van der Waals surface area contributed by atoms with Crippen LogP contribution >= 0.6 is 11.3 Å². The molecule has 2 heteroatoms. The highest BCUT2D eigenvalue weighted by atomic mass is 32.1. The zero-order valence-corrected chi connectivity index (χ0v) is 7.83. The molecule has 0 aliphatic rings. The molecule has 1 heterocycles. The lowest BCUT2D eigenvalue weighted by atomic mass is 9.92. The predicted molar refractivity (Wildman–Crippen MR) is 47.7 cm³/mol. The van der Waals surface area contributed by atoms with E-state index in [2.05, 4.69) is 26.8 Å². The number of hydrogen-bond acceptors (Lipinski definition) is 2. The normalized spacial score (nSPS) is 11.1. The third kappa shape index (κ3) is 1.61. The molecule has 0 bridgehead atoms. The second-order valence-electron chi connectivity index (χ2n) is 3.53. The molecule has 0 unspecified atom stereocenters. The molecule has 0 spiro atoms. The molecule has 0 atom stereocenters. The first-order valence-electron chi connectivity index (χ1n) is 3.54. The summed E-state index contributed by atoms with van der Waals surface area (Å²) < 4.78 is 0. The molecule has 0 aliphatic carbocycles. The number of nitrogens with zero attached hydrogens (tertiary/aromatic N) is 1. The number of thiophene rings is 1. The quantitative estimate of drug-likeness (QED) is 0.580. The van der Waals surface area contributed by atoms with E-state index in [0.29, 0.717) is 0 Å². The summed E-state index contributed by atoms with van der Waals surface area (Å²) in [6.45, 7) is 6.37. The van der Waals surface area contributed by atoms with Crippen molar-refractivity contribution < 1.29 is 0 Å². The van der Waals surface area contributed by atoms with Crippen molar-refractivity contribution in [2.24, 2.45) is 0 Å². The van der Waals surface area contributed by atoms with E-state index >= 15 is 0 Å². The van der Waals surface area contributed by atoms with E-state index in [0.717, 1.165) is 5.56 Å². The standard InChI is InChI=1S/C9H11NS/c1-9(2,3)8-7(6-10)4-5-11-8/h4-5H,1-3H3. The average molecular weight is 165 g/mol. The molecule has 1 aromatic heterocycles. The molecule has 0 fully saturated rings. The summed E-state index contributed by atoms with van der Waals surface area (Å²) in [5.41, 5.74) is 0.932. The van der Waals surface area contributed by atoms with Crippen molar-refractivity contribution in [1.29, 1.82) is 5.26 Å². The minimum Gasteiger partial charge on any atom is -0.192 e. The van der Waals surface area contributed by atoms with Crippen LogP contribution in [0.4, 0.5) is 0 Å². The molecular formula is C9H11NS. The molecule has 0 saturated heterocycles. The lowest BCUT2D eigenvalue weighted by molar-refractivity contribution is 0.602. The molecule has 1 rings (SSSR count). The van der Waals surface area contributed by atoms with Gasteiger partial charge in [0.25, 0.3) is 0 Å². The van der Waals surface area contributed by atoms with Crippen LogP contribution in [0.25, 0.3) is 0 Å². The van der Waals surface area contributed by atoms with Gasteiger partial charge < -0.3 is 0 Å². The maximum Gasteiger partial charge on any atom is 0.100 e. The first-order valence-corrected chi connectivity index (χ1v) is 4.42. The molecule has 0 aliphatic heterocycles. The van der Waals surface area contributed by atoms with Gasteiger partial charge in [-0.2, -0.15) is 5.26 Å². The molecule has 0 N–H and O–H groups in total. The van der Waals surface area contributed by atoms with Gasteiger partial charge in [0.15, 0.2) is 0 Å². The van der Waals surface area contributed by atoms with Gasteiger partial charge in [-0.25, -0.2) is 0 Å². The molecule has 0 amide bonds. The van der Waals surface area contributed by atoms with Crippen molar-refractivity contribution in [3.63, 3.8) is 0 Å². The summed E-state index contributed by atoms with van der Waals surface area (Å²) in [5.74, 6) is 0. The van der Waals surface area contributed by atoms with Gasteiger partial charge in [0, 0.05) is 4.88 Å². The van der Waals surface area contributed by atoms with Crippen LogP contribution in [0.3, 0.4) is 0 Å². The summed E-state index contributed by atoms with van der Waals surface area (Å²) in [5, 5.41) is 10.7. The van der Waals surface area contributed by atoms with Crippen LogP contribution in [-0.4, -0.2) is 0 Å². The summed E-state index contributed by atoms with van der Waals surface area (Å²) >= 11 is 1.66. The minimum atomic E-state index is 0.110. The van der Waals surface area contributed by atoms with Gasteiger partial charge in [0.1, 0.15) is 6.07 Å². The minimum absolute atomic E-state index is 0.110. The van der Waals surface area contributed by atoms with Gasteiger partial charge in [-0.15, -0.1) is 11.3 Å². The molecule has 58 valence electrons. The Morgan fingerprint density at radius 1 is 1.45 bits per heavy atom. The second kappa shape index (κ2) is 2.67. The summed E-state index contributed by atoms with van der Waals surface area (Å²) in [6, 6.07) is 4.07. The van der Waals surface area contributed by atoms with E-state index in [4.69, 9.17) is 5.26 Å². The monoisotopic (exact) mass is 165 g/mol. The maximum atomic E-state index is 8.73. The van der Waals surface area contributed by atoms with Gasteiger partial charge in [0.05, 0.1) is 5.56 Å². The van der Waals surface area contributed by atoms with E-state index in [-0.39, 0.29) is 5.41 Å². The van der Waals surface area contributed by atoms with Gasteiger partial charge in [0.2, 0.25) is 0 Å². The Morgan fingerprint density at radius 2 is 2.09 bits per heavy atom. The number of hydrogen-bond donors (Lipinski definition) is 0. The third-order valence-electron chi connectivity index (χ3n) is 1.47. The number of nitriles is 1. The topological polar surface area (TPSA) is 23.8 Å². The van der Waals surface area contributed by atoms with Crippen LogP contribution in [0, 0.1) is 11.3 Å². The molecule has 0 saturated carbocycles. The van der Waals surface area contributed by atoms with Crippen molar-refractivity contribution in [2.45, 2.75) is 26.2 Å². The van der Waals surface area contributed by atoms with Gasteiger partial charge >= 0.3 is 0 Å². The van der Waals surface area contributed by atoms with Crippen molar-refractivity contribution in [3.05, 3.63) is 21.9 Å². The van der Waals surface area contributed by atoms with Crippen LogP contribution < -0.4 is 0 Å². The molecule has 1 nitrogen and oxygen atoms in total. The Kier molecular flexibility index (Phi) is 2.01. The van der Waals surface area contributed by atoms with Gasteiger partial charge in [-0.1, -0.05) is 20.8 Å². The maximum absolute atomic E-state index is 8.73. The SMILES string of the molecule is CC(C)(C)c1sccc1C#N. The molecular weight excluding hydrogens is 154 g/mol. The van der Waals surface area contributed by atoms with Crippen molar-refractivity contribution in [3.8, 4) is 6.07 Å². The lowest BCUT2D eigenvalue weighted by Gasteiger charge is -2.16. The smallest absolute Gasteiger partial charge is 0.100 e. The third-order valence-corrected chi connectivity index (χ3v) is 2.81. The highest BCUT2D eigenvalue weighted by Crippen LogP contribution is 2.29. The largest absolute Gasteiger partial charge is 0.192 e. The first kappa shape index (κ1) is 8.29. The zero-order valence-electron chi connectivity index (χ0n) is 7.01. The van der Waals surface area contributed by atoms with Crippen LogP contribution in [0.15, 0.2) is 11.4 Å². The Labute approximate surface area is 71.3 Å². The van der Waals surface area contributed by atoms with Gasteiger partial charge in [-0.3, -0.25) is 0 Å². The van der Waals surface area contributed by atoms with Crippen molar-refractivity contribution >= 4 is 11.3 Å². The van der Waals surface area contributed by atoms with Crippen LogP contribution in [0.1, 0.15) is 31.2 Å². The lowest BCUT2D eigenvalue weighted by Crippen LogP contribution is -2.09. The van der Waals surface area contributed by atoms with Crippen molar-refractivity contribution in [1.82, 2.24) is 0 Å². The first-order chi connectivity index (χ1) is 5.05. The van der Waals surface area contributed by atoms with Crippen molar-refractivity contribution in [2.75, 3.05) is 0 Å². The van der Waals surface area contributed by atoms with E-state index in [9.17, 15) is 0 Å². The van der Waals surface area contributed by atoms with Crippen LogP contribution in [0.2, 0.25) is 0 Å². The molecule has 1 aromatic rings. The fourth-order valence-corrected chi connectivity index (χ4v) is 1.91. The van der Waals surface area contributed by atoms with E-state index < -0.39 is 0 Å². The molecule has 0 radical (unpaired) electrons. The van der Waals surface area contributed by atoms with E-state index in [1.807, 2.05) is 11.4 Å². The van der Waals surface area contributed by atoms with Gasteiger partial charge in [-0.05, 0) is 16.9 Å². The highest BCUT2D eigenvalue weighted by Gasteiger charge is 2.18. The fourth-order valence-electron chi connectivity index (χ4n) is 0.978. The fraction of sp³-hybridized carbons (Fsp3) is 0.444. The van der Waals surface area contributed by atoms with E-state index in [1.165, 1.54) is 4.88 Å². The zero-order chi connectivity index (χ0) is 8.48. The number of rotatable bonds is 0.